The van der Waals surface area contributed by atoms with Gasteiger partial charge in [-0.1, -0.05) is 0 Å². The Morgan fingerprint density at radius 1 is 1.19 bits per heavy atom. The van der Waals surface area contributed by atoms with E-state index in [4.69, 9.17) is 4.74 Å². The van der Waals surface area contributed by atoms with Crippen LogP contribution in [0.5, 0.6) is 0 Å². The molecule has 2 fully saturated rings. The molecule has 0 amide bonds. The molecule has 3 rings (SSSR count). The van der Waals surface area contributed by atoms with E-state index in [9.17, 15) is 17.2 Å². The van der Waals surface area contributed by atoms with Gasteiger partial charge >= 0.3 is 0 Å². The van der Waals surface area contributed by atoms with E-state index in [2.05, 4.69) is 4.90 Å². The third-order valence-corrected chi connectivity index (χ3v) is 7.73. The van der Waals surface area contributed by atoms with Crippen LogP contribution in [0.25, 0.3) is 0 Å². The van der Waals surface area contributed by atoms with Gasteiger partial charge in [-0.2, -0.15) is 16.1 Å². The van der Waals surface area contributed by atoms with Gasteiger partial charge in [-0.15, -0.1) is 0 Å². The second-order valence-electron chi connectivity index (χ2n) is 6.60. The fraction of sp³-hybridized carbons (Fsp3) is 0.647. The van der Waals surface area contributed by atoms with Crippen molar-refractivity contribution in [2.45, 2.75) is 18.2 Å². The Bertz CT molecular complexity index is 712. The highest BCUT2D eigenvalue weighted by Gasteiger charge is 2.33. The first-order valence-electron chi connectivity index (χ1n) is 8.77. The van der Waals surface area contributed by atoms with E-state index in [0.29, 0.717) is 32.1 Å². The molecule has 2 aliphatic rings. The van der Waals surface area contributed by atoms with Crippen molar-refractivity contribution in [3.8, 4) is 0 Å². The summed E-state index contributed by atoms with van der Waals surface area (Å²) in [5.74, 6) is -0.222. The number of hydrogen-bond acceptors (Lipinski definition) is 5. The largest absolute Gasteiger partial charge is 0.379 e. The number of hydrogen-bond donors (Lipinski definition) is 0. The third-order valence-electron chi connectivity index (χ3n) is 4.66. The van der Waals surface area contributed by atoms with Crippen LogP contribution in [0.15, 0.2) is 18.2 Å². The maximum absolute atomic E-state index is 13.9. The van der Waals surface area contributed by atoms with Gasteiger partial charge in [0.15, 0.2) is 0 Å². The molecule has 2 aliphatic heterocycles. The van der Waals surface area contributed by atoms with Gasteiger partial charge in [0.05, 0.1) is 19.0 Å². The van der Waals surface area contributed by atoms with E-state index in [-0.39, 0.29) is 11.6 Å². The molecule has 0 aromatic heterocycles. The van der Waals surface area contributed by atoms with Gasteiger partial charge in [0.1, 0.15) is 11.6 Å². The number of benzene rings is 1. The summed E-state index contributed by atoms with van der Waals surface area (Å²) < 4.78 is 60.2. The molecule has 1 atom stereocenters. The second kappa shape index (κ2) is 8.97. The zero-order valence-electron chi connectivity index (χ0n) is 14.6. The van der Waals surface area contributed by atoms with Crippen LogP contribution in [0, 0.1) is 11.6 Å². The number of ether oxygens (including phenoxy) is 1. The summed E-state index contributed by atoms with van der Waals surface area (Å²) in [6, 6.07) is 2.78. The molecule has 9 heteroatoms. The number of rotatable bonds is 5. The summed E-state index contributed by atoms with van der Waals surface area (Å²) in [4.78, 5) is 2.21. The first-order valence-corrected chi connectivity index (χ1v) is 11.5. The standard InChI is InChI=1S/C17H24F2N2O3S2/c18-15-2-3-17(19)14(10-15)13-26(22,23)21-4-1-9-25-12-16(21)11-20-5-7-24-8-6-20/h2-3,10,16H,1,4-9,11-13H2/t16-/m1/s1. The van der Waals surface area contributed by atoms with Gasteiger partial charge in [-0.3, -0.25) is 4.90 Å². The molecule has 0 spiro atoms. The van der Waals surface area contributed by atoms with Crippen LogP contribution in [-0.2, 0) is 20.5 Å². The van der Waals surface area contributed by atoms with Crippen LogP contribution in [0.4, 0.5) is 8.78 Å². The van der Waals surface area contributed by atoms with Crippen molar-refractivity contribution >= 4 is 21.8 Å². The highest BCUT2D eigenvalue weighted by molar-refractivity contribution is 7.99. The van der Waals surface area contributed by atoms with Gasteiger partial charge in [0.25, 0.3) is 0 Å². The molecule has 1 aromatic rings. The summed E-state index contributed by atoms with van der Waals surface area (Å²) in [5.41, 5.74) is -0.118. The molecule has 2 heterocycles. The Morgan fingerprint density at radius 3 is 2.73 bits per heavy atom. The Labute approximate surface area is 157 Å². The number of nitrogens with zero attached hydrogens (tertiary/aromatic N) is 2. The molecule has 146 valence electrons. The van der Waals surface area contributed by atoms with E-state index >= 15 is 0 Å². The minimum atomic E-state index is -3.74. The van der Waals surface area contributed by atoms with Gasteiger partial charge in [-0.05, 0) is 30.4 Å². The Hall–Kier alpha value is -0.740. The lowest BCUT2D eigenvalue weighted by atomic mass is 10.2. The molecule has 5 nitrogen and oxygen atoms in total. The number of halogens is 2. The second-order valence-corrected chi connectivity index (χ2v) is 9.67. The highest BCUT2D eigenvalue weighted by Crippen LogP contribution is 2.24. The quantitative estimate of drug-likeness (QED) is 0.748. The van der Waals surface area contributed by atoms with Crippen LogP contribution in [-0.4, -0.2) is 74.6 Å². The van der Waals surface area contributed by atoms with Crippen molar-refractivity contribution in [2.24, 2.45) is 0 Å². The van der Waals surface area contributed by atoms with E-state index in [1.807, 2.05) is 0 Å². The maximum Gasteiger partial charge on any atom is 0.218 e. The van der Waals surface area contributed by atoms with Gasteiger partial charge in [0.2, 0.25) is 10.0 Å². The monoisotopic (exact) mass is 406 g/mol. The highest BCUT2D eigenvalue weighted by atomic mass is 32.2. The van der Waals surface area contributed by atoms with Crippen LogP contribution in [0.1, 0.15) is 12.0 Å². The Kier molecular flexibility index (Phi) is 6.90. The van der Waals surface area contributed by atoms with Crippen molar-refractivity contribution < 1.29 is 21.9 Å². The normalized spacial score (nSPS) is 23.7. The topological polar surface area (TPSA) is 49.9 Å². The lowest BCUT2D eigenvalue weighted by Gasteiger charge is -2.35. The first-order chi connectivity index (χ1) is 12.5. The van der Waals surface area contributed by atoms with E-state index in [1.54, 1.807) is 11.8 Å². The summed E-state index contributed by atoms with van der Waals surface area (Å²) in [6.45, 7) is 3.94. The molecule has 0 N–H and O–H groups in total. The van der Waals surface area contributed by atoms with Crippen LogP contribution < -0.4 is 0 Å². The number of sulfonamides is 1. The van der Waals surface area contributed by atoms with Crippen molar-refractivity contribution in [2.75, 3.05) is 50.9 Å². The summed E-state index contributed by atoms with van der Waals surface area (Å²) in [6.07, 6.45) is 0.759. The fourth-order valence-electron chi connectivity index (χ4n) is 3.33. The first kappa shape index (κ1) is 20.0. The van der Waals surface area contributed by atoms with Gasteiger partial charge in [0, 0.05) is 43.5 Å². The average molecular weight is 407 g/mol. The Balaban J connectivity index is 1.78. The average Bonchev–Trinajstić information content (AvgIpc) is 2.85. The van der Waals surface area contributed by atoms with Crippen molar-refractivity contribution in [1.82, 2.24) is 9.21 Å². The minimum Gasteiger partial charge on any atom is -0.379 e. The predicted molar refractivity (Wildman–Crippen MR) is 98.7 cm³/mol. The smallest absolute Gasteiger partial charge is 0.218 e. The molecule has 0 aliphatic carbocycles. The van der Waals surface area contributed by atoms with Crippen molar-refractivity contribution in [3.05, 3.63) is 35.4 Å². The predicted octanol–water partition coefficient (Wildman–Crippen LogP) is 1.93. The van der Waals surface area contributed by atoms with Crippen molar-refractivity contribution in [3.63, 3.8) is 0 Å². The summed E-state index contributed by atoms with van der Waals surface area (Å²) in [5, 5.41) is 0. The molecular formula is C17H24F2N2O3S2. The van der Waals surface area contributed by atoms with Gasteiger partial charge in [-0.25, -0.2) is 17.2 Å². The number of morpholine rings is 1. The summed E-state index contributed by atoms with van der Waals surface area (Å²) in [7, 11) is -3.74. The summed E-state index contributed by atoms with van der Waals surface area (Å²) >= 11 is 1.75. The minimum absolute atomic E-state index is 0.118. The molecule has 0 radical (unpaired) electrons. The fourth-order valence-corrected chi connectivity index (χ4v) is 6.27. The Morgan fingerprint density at radius 2 is 1.96 bits per heavy atom. The molecule has 0 saturated carbocycles. The van der Waals surface area contributed by atoms with Crippen LogP contribution in [0.3, 0.4) is 0 Å². The van der Waals surface area contributed by atoms with Gasteiger partial charge < -0.3 is 4.74 Å². The maximum atomic E-state index is 13.9. The van der Waals surface area contributed by atoms with Crippen LogP contribution in [0.2, 0.25) is 0 Å². The van der Waals surface area contributed by atoms with E-state index in [1.165, 1.54) is 4.31 Å². The lowest BCUT2D eigenvalue weighted by molar-refractivity contribution is 0.0309. The van der Waals surface area contributed by atoms with E-state index < -0.39 is 27.4 Å². The third kappa shape index (κ3) is 5.16. The number of thioether (sulfide) groups is 1. The molecule has 26 heavy (non-hydrogen) atoms. The molecule has 1 aromatic carbocycles. The molecule has 0 unspecified atom stereocenters. The zero-order chi connectivity index (χ0) is 18.6. The molecule has 0 bridgehead atoms. The van der Waals surface area contributed by atoms with E-state index in [0.717, 1.165) is 43.5 Å². The zero-order valence-corrected chi connectivity index (χ0v) is 16.2. The lowest BCUT2D eigenvalue weighted by Crippen LogP contribution is -2.50. The van der Waals surface area contributed by atoms with Crippen molar-refractivity contribution in [1.29, 1.82) is 0 Å². The molecular weight excluding hydrogens is 382 g/mol. The SMILES string of the molecule is O=S(=O)(Cc1cc(F)ccc1F)N1CCCSC[C@H]1CN1CCOCC1. The molecule has 2 saturated heterocycles. The van der Waals surface area contributed by atoms with Crippen LogP contribution >= 0.6 is 11.8 Å².